The number of hydrogen-bond acceptors (Lipinski definition) is 8. The topological polar surface area (TPSA) is 133 Å². The zero-order valence-electron chi connectivity index (χ0n) is 62.6. The lowest BCUT2D eigenvalue weighted by Crippen LogP contribution is -2.53. The maximum absolute atomic E-state index is 13.4. The van der Waals surface area contributed by atoms with Crippen molar-refractivity contribution in [2.75, 3.05) is 0 Å². The highest BCUT2D eigenvalue weighted by Crippen LogP contribution is 2.40. The van der Waals surface area contributed by atoms with E-state index < -0.39 is 59.8 Å². The van der Waals surface area contributed by atoms with E-state index in [0.29, 0.717) is 0 Å². The highest BCUT2D eigenvalue weighted by Gasteiger charge is 2.47. The Morgan fingerprint density at radius 2 is 0.567 bits per heavy atom. The van der Waals surface area contributed by atoms with Crippen LogP contribution in [0.2, 0.25) is 0 Å². The average Bonchev–Trinajstić information content (AvgIpc) is 0.817. The third-order valence-electron chi connectivity index (χ3n) is 11.6. The van der Waals surface area contributed by atoms with Crippen molar-refractivity contribution in [3.63, 3.8) is 0 Å². The molecule has 9 rings (SSSR count). The van der Waals surface area contributed by atoms with E-state index >= 15 is 0 Å². The van der Waals surface area contributed by atoms with E-state index in [2.05, 4.69) is 179 Å². The van der Waals surface area contributed by atoms with Gasteiger partial charge in [-0.25, -0.2) is 9.59 Å². The van der Waals surface area contributed by atoms with Gasteiger partial charge in [-0.3, -0.25) is 0 Å². The quantitative estimate of drug-likeness (QED) is 0.0597. The number of fused-ring (bicyclic) bond motifs is 2. The van der Waals surface area contributed by atoms with Crippen LogP contribution in [0.15, 0.2) is 260 Å². The molecule has 97 heavy (non-hydrogen) atoms. The summed E-state index contributed by atoms with van der Waals surface area (Å²) < 4.78 is 62.8. The minimum atomic E-state index is -4.24. The van der Waals surface area contributed by atoms with Crippen molar-refractivity contribution in [1.82, 2.24) is 0 Å². The summed E-state index contributed by atoms with van der Waals surface area (Å²) in [6, 6.07) is 75.8. The second-order valence-corrected chi connectivity index (χ2v) is 21.9. The van der Waals surface area contributed by atoms with Crippen LogP contribution in [-0.4, -0.2) is 47.9 Å². The zero-order chi connectivity index (χ0) is 75.5. The van der Waals surface area contributed by atoms with Gasteiger partial charge in [0.1, 0.15) is 11.9 Å². The molecule has 0 aliphatic carbocycles. The number of alkyl halides is 4. The lowest BCUT2D eigenvalue weighted by Gasteiger charge is -2.30. The van der Waals surface area contributed by atoms with Crippen molar-refractivity contribution in [2.24, 2.45) is 11.8 Å². The molecule has 2 unspecified atom stereocenters. The Morgan fingerprint density at radius 1 is 0.351 bits per heavy atom. The Morgan fingerprint density at radius 3 is 0.804 bits per heavy atom. The number of hydrogen-bond donors (Lipinski definition) is 0. The summed E-state index contributed by atoms with van der Waals surface area (Å²) in [4.78, 5) is 52.6. The monoisotopic (exact) mass is 1380 g/mol. The Hall–Kier alpha value is -7.94. The molecule has 536 valence electrons. The molecule has 0 saturated carbocycles. The van der Waals surface area contributed by atoms with Crippen molar-refractivity contribution in [3.8, 4) is 0 Å². The van der Waals surface area contributed by atoms with E-state index in [1.54, 1.807) is 12.1 Å². The molecule has 1 aliphatic rings. The van der Waals surface area contributed by atoms with Gasteiger partial charge in [-0.05, 0) is 96.8 Å². The standard InChI is InChI=1S/C19H15S.C18H15S.2C13H14F2O4.10C2H6/c1-2-10-17(11-3-1)20-18-12-6-4-8-15(18)14-16-9-5-7-13-19(16)20;1-4-10-16(11-5-1)19(17-12-6-2-7-13-17)18-14-8-3-9-15-18;2*1-8(2)10(13(14,15)12(17)18)19-11(16)9-6-4-3-5-7-9;10*1-2/h1-13H,14H2;1-15H;2*3-8,10H,1-2H3,(H,17,18);10*1-2H3/q2*+1;;;;;;;;;;;;/p-2. The van der Waals surface area contributed by atoms with Gasteiger partial charge in [0.2, 0.25) is 0 Å². The van der Waals surface area contributed by atoms with Gasteiger partial charge in [0.25, 0.3) is 0 Å². The van der Waals surface area contributed by atoms with E-state index in [1.165, 1.54) is 117 Å². The minimum absolute atomic E-state index is 0.0146. The summed E-state index contributed by atoms with van der Waals surface area (Å²) in [6.45, 7) is 45.3. The van der Waals surface area contributed by atoms with E-state index in [0.717, 1.165) is 6.42 Å². The second kappa shape index (κ2) is 60.5. The summed E-state index contributed by atoms with van der Waals surface area (Å²) in [5.41, 5.74) is 3.08. The highest BCUT2D eigenvalue weighted by atomic mass is 32.2. The summed E-state index contributed by atoms with van der Waals surface area (Å²) in [6.07, 6.45) is -3.10. The maximum Gasteiger partial charge on any atom is 0.338 e. The van der Waals surface area contributed by atoms with Crippen LogP contribution < -0.4 is 10.2 Å². The molecule has 0 saturated heterocycles. The zero-order valence-corrected chi connectivity index (χ0v) is 64.2. The molecule has 0 spiro atoms. The number of carbonyl (C=O) groups excluding carboxylic acids is 4. The summed E-state index contributed by atoms with van der Waals surface area (Å²) >= 11 is 0. The largest absolute Gasteiger partial charge is 0.544 e. The van der Waals surface area contributed by atoms with E-state index in [4.69, 9.17) is 0 Å². The lowest BCUT2D eigenvalue weighted by molar-refractivity contribution is -0.338. The van der Waals surface area contributed by atoms with Crippen molar-refractivity contribution >= 4 is 45.7 Å². The minimum Gasteiger partial charge on any atom is -0.544 e. The van der Waals surface area contributed by atoms with Crippen LogP contribution in [0.5, 0.6) is 0 Å². The van der Waals surface area contributed by atoms with Gasteiger partial charge in [-0.2, -0.15) is 17.6 Å². The van der Waals surface area contributed by atoms with Crippen LogP contribution in [0, 0.1) is 11.8 Å². The molecule has 0 N–H and O–H groups in total. The third-order valence-corrected chi connectivity index (χ3v) is 16.3. The van der Waals surface area contributed by atoms with Gasteiger partial charge >= 0.3 is 23.8 Å². The van der Waals surface area contributed by atoms with Gasteiger partial charge < -0.3 is 29.3 Å². The molecular weight excluding hydrogens is 1270 g/mol. The predicted octanol–water partition coefficient (Wildman–Crippen LogP) is 22.2. The molecule has 0 bridgehead atoms. The molecule has 8 aromatic rings. The summed E-state index contributed by atoms with van der Waals surface area (Å²) in [5, 5.41) is 20.9. The average molecular weight is 1380 g/mol. The van der Waals surface area contributed by atoms with Gasteiger partial charge in [-0.1, -0.05) is 312 Å². The van der Waals surface area contributed by atoms with Crippen molar-refractivity contribution < 1.29 is 56.4 Å². The molecular formula is C83H116F4O8S2. The Balaban J connectivity index is -0.000000356. The number of halogens is 4. The Labute approximate surface area is 589 Å². The van der Waals surface area contributed by atoms with Crippen molar-refractivity contribution in [2.45, 2.75) is 226 Å². The number of ether oxygens (including phenoxy) is 2. The molecule has 1 aliphatic heterocycles. The number of esters is 2. The Kier molecular flexibility index (Phi) is 60.9. The molecule has 0 aromatic heterocycles. The first-order valence-electron chi connectivity index (χ1n) is 34.5. The number of carboxylic acids is 2. The van der Waals surface area contributed by atoms with Crippen molar-refractivity contribution in [1.29, 1.82) is 0 Å². The number of benzene rings is 8. The van der Waals surface area contributed by atoms with Gasteiger partial charge in [0.15, 0.2) is 41.6 Å². The van der Waals surface area contributed by atoms with E-state index in [9.17, 15) is 47.0 Å². The van der Waals surface area contributed by atoms with Crippen LogP contribution in [0.25, 0.3) is 0 Å². The second-order valence-electron chi connectivity index (χ2n) is 17.9. The first-order chi connectivity index (χ1) is 46.9. The maximum atomic E-state index is 13.4. The molecule has 2 atom stereocenters. The normalized spacial score (nSPS) is 10.6. The first kappa shape index (κ1) is 97.7. The smallest absolute Gasteiger partial charge is 0.338 e. The van der Waals surface area contributed by atoms with Crippen LogP contribution in [0.3, 0.4) is 0 Å². The molecule has 0 radical (unpaired) electrons. The van der Waals surface area contributed by atoms with Crippen LogP contribution in [0.1, 0.15) is 198 Å². The number of carbonyl (C=O) groups is 4. The highest BCUT2D eigenvalue weighted by molar-refractivity contribution is 7.97. The fourth-order valence-electron chi connectivity index (χ4n) is 7.92. The fourth-order valence-corrected chi connectivity index (χ4v) is 12.4. The Bertz CT molecular complexity index is 2910. The fraction of sp³-hybridized carbons (Fsp3) is 0.373. The third kappa shape index (κ3) is 34.2. The number of aliphatic carboxylic acids is 2. The molecule has 8 nitrogen and oxygen atoms in total. The van der Waals surface area contributed by atoms with Gasteiger partial charge in [-0.15, -0.1) is 0 Å². The van der Waals surface area contributed by atoms with Crippen LogP contribution in [0.4, 0.5) is 17.6 Å². The lowest BCUT2D eigenvalue weighted by atomic mass is 10.0. The van der Waals surface area contributed by atoms with E-state index in [-0.39, 0.29) is 32.9 Å². The first-order valence-corrected chi connectivity index (χ1v) is 36.9. The van der Waals surface area contributed by atoms with Gasteiger partial charge in [0, 0.05) is 17.5 Å². The number of carboxylic acid groups (broad SMARTS) is 2. The predicted molar refractivity (Wildman–Crippen MR) is 400 cm³/mol. The summed E-state index contributed by atoms with van der Waals surface area (Å²) in [7, 11) is 0.0275. The van der Waals surface area contributed by atoms with Crippen molar-refractivity contribution in [3.05, 3.63) is 253 Å². The van der Waals surface area contributed by atoms with Gasteiger partial charge in [0.05, 0.1) is 32.9 Å². The molecule has 0 amide bonds. The number of rotatable bonds is 14. The van der Waals surface area contributed by atoms with Crippen LogP contribution in [-0.2, 0) is 47.3 Å². The molecule has 8 aromatic carbocycles. The van der Waals surface area contributed by atoms with Crippen LogP contribution >= 0.6 is 0 Å². The molecule has 0 fully saturated rings. The van der Waals surface area contributed by atoms with E-state index in [1.807, 2.05) is 138 Å². The molecule has 14 heteroatoms. The molecule has 1 heterocycles. The SMILES string of the molecule is CC.CC.CC.CC.CC.CC.CC.CC.CC.CC.CC(C)C(OC(=O)c1ccccc1)C(F)(F)C(=O)[O-].CC(C)C(OC(=O)c1ccccc1)C(F)(F)C(=O)[O-].c1ccc([S+](c2ccccc2)c2ccccc2)cc1.c1ccc([S+]2c3ccccc3Cc3ccccc32)cc1. The summed E-state index contributed by atoms with van der Waals surface area (Å²) in [5.74, 6) is -17.3.